The number of carbonyl (C=O) groups is 1. The predicted octanol–water partition coefficient (Wildman–Crippen LogP) is 1.39. The maximum atomic E-state index is 11.3. The number of esters is 1. The zero-order valence-electron chi connectivity index (χ0n) is 8.16. The van der Waals surface area contributed by atoms with E-state index in [0.29, 0.717) is 19.1 Å². The van der Waals surface area contributed by atoms with Crippen LogP contribution in [0.5, 0.6) is 0 Å². The van der Waals surface area contributed by atoms with Crippen LogP contribution in [0.2, 0.25) is 0 Å². The minimum Gasteiger partial charge on any atom is -0.463 e. The first-order valence-corrected chi connectivity index (χ1v) is 4.58. The van der Waals surface area contributed by atoms with E-state index in [0.717, 1.165) is 6.42 Å². The van der Waals surface area contributed by atoms with Crippen molar-refractivity contribution in [1.29, 1.82) is 0 Å². The van der Waals surface area contributed by atoms with Crippen molar-refractivity contribution in [3.63, 3.8) is 0 Å². The van der Waals surface area contributed by atoms with Crippen LogP contribution < -0.4 is 0 Å². The average Bonchev–Trinajstić information content (AvgIpc) is 2.52. The summed E-state index contributed by atoms with van der Waals surface area (Å²) in [4.78, 5) is 11.3. The van der Waals surface area contributed by atoms with E-state index in [2.05, 4.69) is 13.0 Å². The Morgan fingerprint density at radius 3 is 2.77 bits per heavy atom. The average molecular weight is 184 g/mol. The molecule has 0 spiro atoms. The van der Waals surface area contributed by atoms with Crippen LogP contribution in [0.25, 0.3) is 0 Å². The summed E-state index contributed by atoms with van der Waals surface area (Å²) in [7, 11) is 1.59. The Morgan fingerprint density at radius 2 is 2.23 bits per heavy atom. The Morgan fingerprint density at radius 1 is 1.46 bits per heavy atom. The van der Waals surface area contributed by atoms with Crippen LogP contribution in [0.15, 0.2) is 12.2 Å². The molecule has 1 unspecified atom stereocenters. The number of allylic oxidation sites excluding steroid dienone is 1. The van der Waals surface area contributed by atoms with Gasteiger partial charge in [-0.15, -0.1) is 0 Å². The van der Waals surface area contributed by atoms with Crippen molar-refractivity contribution in [1.82, 2.24) is 0 Å². The zero-order chi connectivity index (χ0) is 9.68. The molecule has 0 aromatic carbocycles. The first-order valence-electron chi connectivity index (χ1n) is 4.58. The molecule has 0 N–H and O–H groups in total. The van der Waals surface area contributed by atoms with Crippen molar-refractivity contribution in [2.24, 2.45) is 11.8 Å². The van der Waals surface area contributed by atoms with E-state index in [4.69, 9.17) is 9.47 Å². The Hall–Kier alpha value is -0.830. The largest absolute Gasteiger partial charge is 0.463 e. The Bertz CT molecular complexity index is 198. The summed E-state index contributed by atoms with van der Waals surface area (Å²) >= 11 is 0. The van der Waals surface area contributed by atoms with Crippen molar-refractivity contribution in [3.05, 3.63) is 12.2 Å². The van der Waals surface area contributed by atoms with Gasteiger partial charge in [-0.05, 0) is 12.3 Å². The first-order chi connectivity index (χ1) is 6.24. The third kappa shape index (κ3) is 3.19. The maximum absolute atomic E-state index is 11.3. The number of methoxy groups -OCH3 is 1. The molecule has 0 bridgehead atoms. The van der Waals surface area contributed by atoms with Gasteiger partial charge in [0.05, 0.1) is 12.5 Å². The van der Waals surface area contributed by atoms with E-state index < -0.39 is 0 Å². The van der Waals surface area contributed by atoms with E-state index in [1.165, 1.54) is 0 Å². The fraction of sp³-hybridized carbons (Fsp3) is 0.700. The van der Waals surface area contributed by atoms with Crippen molar-refractivity contribution >= 4 is 5.97 Å². The molecule has 13 heavy (non-hydrogen) atoms. The monoisotopic (exact) mass is 184 g/mol. The number of rotatable bonds is 4. The van der Waals surface area contributed by atoms with Crippen LogP contribution in [0, 0.1) is 11.8 Å². The lowest BCUT2D eigenvalue weighted by atomic mass is 10.1. The summed E-state index contributed by atoms with van der Waals surface area (Å²) in [6.07, 6.45) is 4.87. The lowest BCUT2D eigenvalue weighted by Gasteiger charge is -2.08. The summed E-state index contributed by atoms with van der Waals surface area (Å²) in [6, 6.07) is 0. The molecule has 1 aliphatic carbocycles. The van der Waals surface area contributed by atoms with Crippen molar-refractivity contribution in [2.75, 3.05) is 20.3 Å². The highest BCUT2D eigenvalue weighted by Crippen LogP contribution is 2.23. The fourth-order valence-corrected chi connectivity index (χ4v) is 1.39. The molecule has 0 amide bonds. The van der Waals surface area contributed by atoms with Gasteiger partial charge < -0.3 is 9.47 Å². The molecule has 3 heteroatoms. The highest BCUT2D eigenvalue weighted by molar-refractivity contribution is 5.75. The summed E-state index contributed by atoms with van der Waals surface area (Å²) in [5, 5.41) is 0. The minimum atomic E-state index is -0.127. The lowest BCUT2D eigenvalue weighted by Crippen LogP contribution is -2.17. The quantitative estimate of drug-likeness (QED) is 0.376. The van der Waals surface area contributed by atoms with Gasteiger partial charge in [-0.1, -0.05) is 19.1 Å². The first kappa shape index (κ1) is 10.3. The predicted molar refractivity (Wildman–Crippen MR) is 49.2 cm³/mol. The lowest BCUT2D eigenvalue weighted by molar-refractivity contribution is -0.148. The zero-order valence-corrected chi connectivity index (χ0v) is 8.16. The fourth-order valence-electron chi connectivity index (χ4n) is 1.39. The van der Waals surface area contributed by atoms with Gasteiger partial charge >= 0.3 is 5.97 Å². The van der Waals surface area contributed by atoms with E-state index in [1.807, 2.05) is 6.08 Å². The second kappa shape index (κ2) is 5.02. The van der Waals surface area contributed by atoms with Crippen molar-refractivity contribution in [3.8, 4) is 0 Å². The van der Waals surface area contributed by atoms with Crippen LogP contribution in [-0.4, -0.2) is 26.3 Å². The summed E-state index contributed by atoms with van der Waals surface area (Å²) in [5.74, 6) is 0.337. The van der Waals surface area contributed by atoms with Crippen LogP contribution in [0.4, 0.5) is 0 Å². The molecule has 0 aliphatic heterocycles. The molecule has 0 radical (unpaired) electrons. The van der Waals surface area contributed by atoms with Gasteiger partial charge in [0.15, 0.2) is 0 Å². The molecule has 2 atom stereocenters. The molecular weight excluding hydrogens is 168 g/mol. The van der Waals surface area contributed by atoms with Crippen molar-refractivity contribution < 1.29 is 14.3 Å². The van der Waals surface area contributed by atoms with Gasteiger partial charge in [-0.3, -0.25) is 4.79 Å². The molecule has 0 saturated heterocycles. The van der Waals surface area contributed by atoms with Gasteiger partial charge in [0.25, 0.3) is 0 Å². The molecule has 0 aromatic rings. The third-order valence-corrected chi connectivity index (χ3v) is 2.13. The number of hydrogen-bond donors (Lipinski definition) is 0. The summed E-state index contributed by atoms with van der Waals surface area (Å²) in [6.45, 7) is 2.92. The van der Waals surface area contributed by atoms with Crippen LogP contribution in [-0.2, 0) is 14.3 Å². The standard InChI is InChI=1S/C10H16O3/c1-8-3-4-9(7-8)10(11)13-6-5-12-2/h3-4,8-9H,5-7H2,1-2H3/t8?,9-/m1/s1. The van der Waals surface area contributed by atoms with Crippen LogP contribution in [0.1, 0.15) is 13.3 Å². The topological polar surface area (TPSA) is 35.5 Å². The van der Waals surface area contributed by atoms with E-state index >= 15 is 0 Å². The molecular formula is C10H16O3. The minimum absolute atomic E-state index is 0.0353. The number of hydrogen-bond acceptors (Lipinski definition) is 3. The maximum Gasteiger partial charge on any atom is 0.312 e. The molecule has 74 valence electrons. The number of carbonyl (C=O) groups excluding carboxylic acids is 1. The normalized spacial score (nSPS) is 26.3. The molecule has 3 nitrogen and oxygen atoms in total. The van der Waals surface area contributed by atoms with Crippen LogP contribution in [0.3, 0.4) is 0 Å². The molecule has 0 saturated carbocycles. The Kier molecular flexibility index (Phi) is 3.96. The smallest absolute Gasteiger partial charge is 0.312 e. The second-order valence-corrected chi connectivity index (χ2v) is 3.36. The van der Waals surface area contributed by atoms with Gasteiger partial charge in [-0.25, -0.2) is 0 Å². The molecule has 0 heterocycles. The van der Waals surface area contributed by atoms with Crippen LogP contribution >= 0.6 is 0 Å². The van der Waals surface area contributed by atoms with Crippen molar-refractivity contribution in [2.45, 2.75) is 13.3 Å². The Balaban J connectivity index is 2.21. The Labute approximate surface area is 78.7 Å². The molecule has 1 aliphatic rings. The van der Waals surface area contributed by atoms with Gasteiger partial charge in [0.2, 0.25) is 0 Å². The number of ether oxygens (including phenoxy) is 2. The highest BCUT2D eigenvalue weighted by atomic mass is 16.6. The van der Waals surface area contributed by atoms with Gasteiger partial charge in [0.1, 0.15) is 6.61 Å². The van der Waals surface area contributed by atoms with Gasteiger partial charge in [-0.2, -0.15) is 0 Å². The second-order valence-electron chi connectivity index (χ2n) is 3.36. The van der Waals surface area contributed by atoms with E-state index in [9.17, 15) is 4.79 Å². The molecule has 0 aromatic heterocycles. The third-order valence-electron chi connectivity index (χ3n) is 2.13. The van der Waals surface area contributed by atoms with E-state index in [1.54, 1.807) is 7.11 Å². The van der Waals surface area contributed by atoms with E-state index in [-0.39, 0.29) is 11.9 Å². The van der Waals surface area contributed by atoms with Gasteiger partial charge in [0, 0.05) is 7.11 Å². The summed E-state index contributed by atoms with van der Waals surface area (Å²) < 4.78 is 9.78. The molecule has 0 fully saturated rings. The summed E-state index contributed by atoms with van der Waals surface area (Å²) in [5.41, 5.74) is 0. The SMILES string of the molecule is COCCOC(=O)[C@@H]1C=CC(C)C1. The highest BCUT2D eigenvalue weighted by Gasteiger charge is 2.23. The molecule has 1 rings (SSSR count).